The second-order valence-corrected chi connectivity index (χ2v) is 11.6. The van der Waals surface area contributed by atoms with Gasteiger partial charge in [0.1, 0.15) is 29.4 Å². The molecule has 0 spiro atoms. The Balaban J connectivity index is 1.19. The van der Waals surface area contributed by atoms with Crippen molar-refractivity contribution in [3.8, 4) is 40.2 Å². The molecule has 14 nitrogen and oxygen atoms in total. The molecule has 1 saturated heterocycles. The Bertz CT molecular complexity index is 2120. The number of phenols is 1. The molecule has 2 aliphatic heterocycles. The maximum Gasteiger partial charge on any atom is 0.339 e. The Hall–Kier alpha value is -5.92. The van der Waals surface area contributed by atoms with E-state index >= 15 is 0 Å². The minimum Gasteiger partial charge on any atom is -0.502 e. The summed E-state index contributed by atoms with van der Waals surface area (Å²) in [6.07, 6.45) is 1.75. The second kappa shape index (κ2) is 11.4. The number of carbonyl (C=O) groups excluding carboxylic acids is 1. The largest absolute Gasteiger partial charge is 0.502 e. The number of methoxy groups -OCH3 is 3. The van der Waals surface area contributed by atoms with Crippen LogP contribution in [0.1, 0.15) is 34.3 Å². The molecule has 0 bridgehead atoms. The van der Waals surface area contributed by atoms with Crippen molar-refractivity contribution in [3.63, 3.8) is 0 Å². The van der Waals surface area contributed by atoms with Gasteiger partial charge in [0, 0.05) is 17.9 Å². The van der Waals surface area contributed by atoms with Gasteiger partial charge in [-0.2, -0.15) is 0 Å². The second-order valence-electron chi connectivity index (χ2n) is 11.6. The van der Waals surface area contributed by atoms with Crippen molar-refractivity contribution in [2.24, 2.45) is 11.8 Å². The minimum absolute atomic E-state index is 0.00451. The third-order valence-corrected chi connectivity index (χ3v) is 9.14. The SMILES string of the molecule is COc1ccc2c(OCc3cn([C@@H]4c5cc6c(cc5[C@@H](c5cc(OC)c(O)c(OC)c5)[C@H]5C(=O)OC[C@@H]54)OCO6)nn3)cc(=O)oc2c1. The number of benzene rings is 3. The lowest BCUT2D eigenvalue weighted by Crippen LogP contribution is -2.37. The van der Waals surface area contributed by atoms with E-state index in [0.29, 0.717) is 45.2 Å². The molecule has 0 amide bonds. The van der Waals surface area contributed by atoms with Crippen LogP contribution < -0.4 is 34.0 Å². The zero-order valence-corrected chi connectivity index (χ0v) is 26.0. The highest BCUT2D eigenvalue weighted by molar-refractivity contribution is 5.84. The lowest BCUT2D eigenvalue weighted by molar-refractivity contribution is -0.141. The minimum atomic E-state index is -0.627. The van der Waals surface area contributed by atoms with Crippen LogP contribution in [-0.4, -0.2) is 60.8 Å². The molecule has 1 N–H and O–H groups in total. The first-order chi connectivity index (χ1) is 23.4. The first-order valence-corrected chi connectivity index (χ1v) is 15.1. The normalized spacial score (nSPS) is 20.6. The van der Waals surface area contributed by atoms with E-state index in [4.69, 9.17) is 37.6 Å². The molecular weight excluding hydrogens is 626 g/mol. The summed E-state index contributed by atoms with van der Waals surface area (Å²) in [5.41, 5.74) is 2.58. The Morgan fingerprint density at radius 1 is 0.896 bits per heavy atom. The number of fused-ring (bicyclic) bond motifs is 4. The van der Waals surface area contributed by atoms with Gasteiger partial charge in [0.05, 0.1) is 57.5 Å². The van der Waals surface area contributed by atoms with E-state index in [1.807, 2.05) is 12.1 Å². The van der Waals surface area contributed by atoms with Crippen LogP contribution in [0.5, 0.6) is 40.2 Å². The van der Waals surface area contributed by atoms with E-state index in [2.05, 4.69) is 10.3 Å². The summed E-state index contributed by atoms with van der Waals surface area (Å²) in [6, 6.07) is 13.1. The Labute approximate surface area is 272 Å². The molecule has 0 radical (unpaired) electrons. The zero-order valence-electron chi connectivity index (χ0n) is 26.0. The summed E-state index contributed by atoms with van der Waals surface area (Å²) in [5.74, 6) is 0.411. The fourth-order valence-corrected chi connectivity index (χ4v) is 6.99. The summed E-state index contributed by atoms with van der Waals surface area (Å²) < 4.78 is 46.5. The van der Waals surface area contributed by atoms with Crippen molar-refractivity contribution in [1.82, 2.24) is 15.0 Å². The van der Waals surface area contributed by atoms with Gasteiger partial charge in [0.15, 0.2) is 23.0 Å². The molecule has 4 atom stereocenters. The molecule has 8 rings (SSSR count). The maximum atomic E-state index is 13.5. The fourth-order valence-electron chi connectivity index (χ4n) is 6.99. The molecule has 1 aliphatic carbocycles. The third kappa shape index (κ3) is 4.70. The van der Waals surface area contributed by atoms with E-state index in [-0.39, 0.29) is 49.1 Å². The summed E-state index contributed by atoms with van der Waals surface area (Å²) in [5, 5.41) is 20.1. The van der Waals surface area contributed by atoms with Crippen LogP contribution in [0.15, 0.2) is 63.9 Å². The van der Waals surface area contributed by atoms with E-state index < -0.39 is 23.5 Å². The highest BCUT2D eigenvalue weighted by atomic mass is 16.7. The van der Waals surface area contributed by atoms with Crippen molar-refractivity contribution in [3.05, 3.63) is 87.5 Å². The zero-order chi connectivity index (χ0) is 33.1. The molecule has 0 unspecified atom stereocenters. The molecule has 14 heteroatoms. The number of aromatic nitrogens is 3. The lowest BCUT2D eigenvalue weighted by atomic mass is 9.65. The number of esters is 1. The quantitative estimate of drug-likeness (QED) is 0.189. The molecule has 2 aromatic heterocycles. The number of aromatic hydroxyl groups is 1. The van der Waals surface area contributed by atoms with Crippen LogP contribution in [0.3, 0.4) is 0 Å². The van der Waals surface area contributed by atoms with Gasteiger partial charge in [-0.05, 0) is 53.1 Å². The predicted molar refractivity (Wildman–Crippen MR) is 165 cm³/mol. The molecule has 5 aromatic rings. The Morgan fingerprint density at radius 3 is 2.38 bits per heavy atom. The van der Waals surface area contributed by atoms with Gasteiger partial charge in [0.2, 0.25) is 12.5 Å². The molecular formula is C34H29N3O11. The predicted octanol–water partition coefficient (Wildman–Crippen LogP) is 3.95. The standard InChI is InChI=1S/C34H29N3O11/c1-41-18-4-5-19-23(11-29(38)48-24(19)8-18)44-13-17-12-37(36-35-17)32-21-10-26-25(46-15-47-26)9-20(21)30(31-22(32)14-45-34(31)40)16-6-27(42-2)33(39)28(7-16)43-3/h4-12,22,30-32,39H,13-15H2,1-3H3/t22-,30+,31-,32+/m0/s1. The van der Waals surface area contributed by atoms with Crippen LogP contribution in [0.4, 0.5) is 0 Å². The van der Waals surface area contributed by atoms with E-state index in [1.54, 1.807) is 41.2 Å². The number of hydrogen-bond donors (Lipinski definition) is 1. The van der Waals surface area contributed by atoms with Crippen LogP contribution in [0, 0.1) is 11.8 Å². The highest BCUT2D eigenvalue weighted by Crippen LogP contribution is 2.56. The van der Waals surface area contributed by atoms with E-state index in [9.17, 15) is 14.7 Å². The molecule has 3 aliphatic rings. The maximum absolute atomic E-state index is 13.5. The molecule has 1 fully saturated rings. The lowest BCUT2D eigenvalue weighted by Gasteiger charge is -2.39. The summed E-state index contributed by atoms with van der Waals surface area (Å²) in [4.78, 5) is 25.8. The average Bonchev–Trinajstić information content (AvgIpc) is 3.85. The molecule has 4 heterocycles. The number of carbonyl (C=O) groups is 1. The fraction of sp³-hybridized carbons (Fsp3) is 0.294. The number of phenolic OH excluding ortho intramolecular Hbond substituents is 1. The van der Waals surface area contributed by atoms with Gasteiger partial charge in [-0.1, -0.05) is 5.21 Å². The van der Waals surface area contributed by atoms with Gasteiger partial charge < -0.3 is 42.7 Å². The van der Waals surface area contributed by atoms with Gasteiger partial charge in [0.25, 0.3) is 0 Å². The van der Waals surface area contributed by atoms with Crippen molar-refractivity contribution < 1.29 is 47.5 Å². The Kier molecular flexibility index (Phi) is 7.00. The van der Waals surface area contributed by atoms with Crippen molar-refractivity contribution in [2.45, 2.75) is 18.6 Å². The topological polar surface area (TPSA) is 163 Å². The van der Waals surface area contributed by atoms with Crippen LogP contribution in [0.2, 0.25) is 0 Å². The van der Waals surface area contributed by atoms with Gasteiger partial charge in [-0.3, -0.25) is 4.79 Å². The van der Waals surface area contributed by atoms with Gasteiger partial charge in [-0.25, -0.2) is 9.48 Å². The van der Waals surface area contributed by atoms with Crippen LogP contribution in [-0.2, 0) is 16.1 Å². The van der Waals surface area contributed by atoms with Crippen molar-refractivity contribution >= 4 is 16.9 Å². The summed E-state index contributed by atoms with van der Waals surface area (Å²) in [6.45, 7) is 0.212. The average molecular weight is 656 g/mol. The van der Waals surface area contributed by atoms with Gasteiger partial charge >= 0.3 is 11.6 Å². The molecule has 246 valence electrons. The number of cyclic esters (lactones) is 1. The summed E-state index contributed by atoms with van der Waals surface area (Å²) in [7, 11) is 4.43. The number of hydrogen-bond acceptors (Lipinski definition) is 13. The number of rotatable bonds is 8. The molecule has 3 aromatic carbocycles. The highest BCUT2D eigenvalue weighted by Gasteiger charge is 2.53. The van der Waals surface area contributed by atoms with Crippen LogP contribution in [0.25, 0.3) is 11.0 Å². The van der Waals surface area contributed by atoms with Crippen LogP contribution >= 0.6 is 0 Å². The first-order valence-electron chi connectivity index (χ1n) is 15.1. The molecule has 48 heavy (non-hydrogen) atoms. The van der Waals surface area contributed by atoms with Gasteiger partial charge in [-0.15, -0.1) is 5.10 Å². The monoisotopic (exact) mass is 655 g/mol. The van der Waals surface area contributed by atoms with Crippen molar-refractivity contribution in [1.29, 1.82) is 0 Å². The Morgan fingerprint density at radius 2 is 1.65 bits per heavy atom. The smallest absolute Gasteiger partial charge is 0.339 e. The molecule has 0 saturated carbocycles. The van der Waals surface area contributed by atoms with E-state index in [1.165, 1.54) is 27.4 Å². The number of nitrogens with zero attached hydrogens (tertiary/aromatic N) is 3. The number of ether oxygens (including phenoxy) is 7. The summed E-state index contributed by atoms with van der Waals surface area (Å²) >= 11 is 0. The third-order valence-electron chi connectivity index (χ3n) is 9.14. The van der Waals surface area contributed by atoms with E-state index in [0.717, 1.165) is 11.1 Å². The first kappa shape index (κ1) is 29.5. The van der Waals surface area contributed by atoms with Crippen molar-refractivity contribution in [2.75, 3.05) is 34.7 Å².